The lowest BCUT2D eigenvalue weighted by Crippen LogP contribution is -2.40. The summed E-state index contributed by atoms with van der Waals surface area (Å²) in [5, 5.41) is 3.11. The van der Waals surface area contributed by atoms with E-state index in [9.17, 15) is 4.79 Å². The van der Waals surface area contributed by atoms with Crippen molar-refractivity contribution < 1.29 is 9.53 Å². The zero-order valence-corrected chi connectivity index (χ0v) is 13.8. The van der Waals surface area contributed by atoms with E-state index in [1.165, 1.54) is 6.42 Å². The Hall–Kier alpha value is -0.910. The lowest BCUT2D eigenvalue weighted by Gasteiger charge is -2.19. The average Bonchev–Trinajstić information content (AvgIpc) is 2.92. The predicted octanol–water partition coefficient (Wildman–Crippen LogP) is 2.45. The number of carbonyl (C=O) groups excluding carboxylic acids is 1. The smallest absolute Gasteiger partial charge is 0.230 e. The molecule has 0 heterocycles. The monoisotopic (exact) mass is 330 g/mol. The molecule has 1 aromatic carbocycles. The number of carbonyl (C=O) groups is 1. The third kappa shape index (κ3) is 5.41. The molecule has 0 spiro atoms. The van der Waals surface area contributed by atoms with Gasteiger partial charge in [-0.15, -0.1) is 24.2 Å². The maximum Gasteiger partial charge on any atom is 0.230 e. The second-order valence-corrected chi connectivity index (χ2v) is 6.11. The van der Waals surface area contributed by atoms with Crippen LogP contribution in [-0.4, -0.2) is 31.4 Å². The number of ether oxygens (including phenoxy) is 1. The van der Waals surface area contributed by atoms with Crippen LogP contribution in [0.2, 0.25) is 0 Å². The highest BCUT2D eigenvalue weighted by atomic mass is 35.5. The molecule has 118 valence electrons. The van der Waals surface area contributed by atoms with Crippen molar-refractivity contribution in [2.24, 2.45) is 11.7 Å². The van der Waals surface area contributed by atoms with Gasteiger partial charge < -0.3 is 15.8 Å². The molecule has 0 bridgehead atoms. The van der Waals surface area contributed by atoms with Crippen LogP contribution in [0.25, 0.3) is 0 Å². The van der Waals surface area contributed by atoms with Crippen LogP contribution in [0, 0.1) is 5.92 Å². The molecule has 0 aliphatic heterocycles. The molecule has 2 unspecified atom stereocenters. The van der Waals surface area contributed by atoms with Gasteiger partial charge in [0.25, 0.3) is 0 Å². The van der Waals surface area contributed by atoms with Gasteiger partial charge in [-0.3, -0.25) is 4.79 Å². The maximum atomic E-state index is 12.0. The average molecular weight is 331 g/mol. The van der Waals surface area contributed by atoms with Gasteiger partial charge in [-0.05, 0) is 49.6 Å². The molecule has 1 fully saturated rings. The lowest BCUT2D eigenvalue weighted by molar-refractivity contribution is -0.119. The highest BCUT2D eigenvalue weighted by molar-refractivity contribution is 8.00. The highest BCUT2D eigenvalue weighted by Crippen LogP contribution is 2.25. The van der Waals surface area contributed by atoms with Gasteiger partial charge in [0.1, 0.15) is 5.75 Å². The number of methoxy groups -OCH3 is 1. The number of amides is 1. The van der Waals surface area contributed by atoms with Gasteiger partial charge in [-0.2, -0.15) is 0 Å². The summed E-state index contributed by atoms with van der Waals surface area (Å²) in [5.41, 5.74) is 5.72. The number of nitrogens with one attached hydrogen (secondary N) is 1. The van der Waals surface area contributed by atoms with Crippen molar-refractivity contribution in [1.82, 2.24) is 5.32 Å². The molecule has 1 aliphatic rings. The van der Waals surface area contributed by atoms with Crippen LogP contribution in [0.15, 0.2) is 29.2 Å². The Bertz CT molecular complexity index is 442. The Labute approximate surface area is 136 Å². The van der Waals surface area contributed by atoms with E-state index < -0.39 is 0 Å². The zero-order valence-electron chi connectivity index (χ0n) is 12.2. The molecule has 4 nitrogen and oxygen atoms in total. The van der Waals surface area contributed by atoms with E-state index in [-0.39, 0.29) is 24.4 Å². The molecule has 1 saturated carbocycles. The van der Waals surface area contributed by atoms with Gasteiger partial charge in [0.2, 0.25) is 5.91 Å². The summed E-state index contributed by atoms with van der Waals surface area (Å²) in [6, 6.07) is 8.01. The third-order valence-corrected chi connectivity index (χ3v) is 4.75. The van der Waals surface area contributed by atoms with Gasteiger partial charge in [-0.25, -0.2) is 0 Å². The van der Waals surface area contributed by atoms with E-state index in [4.69, 9.17) is 10.5 Å². The normalized spacial score (nSPS) is 20.7. The number of nitrogens with two attached hydrogens (primary N) is 1. The summed E-state index contributed by atoms with van der Waals surface area (Å²) in [6.07, 6.45) is 3.35. The third-order valence-electron chi connectivity index (χ3n) is 3.74. The van der Waals surface area contributed by atoms with Crippen LogP contribution in [-0.2, 0) is 4.79 Å². The van der Waals surface area contributed by atoms with Crippen LogP contribution in [0.5, 0.6) is 5.75 Å². The predicted molar refractivity (Wildman–Crippen MR) is 89.3 cm³/mol. The largest absolute Gasteiger partial charge is 0.497 e. The molecule has 1 aliphatic carbocycles. The van der Waals surface area contributed by atoms with Crippen molar-refractivity contribution in [2.45, 2.75) is 30.2 Å². The van der Waals surface area contributed by atoms with Gasteiger partial charge in [0.05, 0.1) is 12.9 Å². The fourth-order valence-electron chi connectivity index (χ4n) is 2.58. The second kappa shape index (κ2) is 9.18. The van der Waals surface area contributed by atoms with Crippen LogP contribution in [0.1, 0.15) is 19.3 Å². The number of thioether (sulfide) groups is 1. The summed E-state index contributed by atoms with van der Waals surface area (Å²) in [5.74, 6) is 1.82. The van der Waals surface area contributed by atoms with Gasteiger partial charge >= 0.3 is 0 Å². The fourth-order valence-corrected chi connectivity index (χ4v) is 3.29. The van der Waals surface area contributed by atoms with Crippen LogP contribution in [0.3, 0.4) is 0 Å². The van der Waals surface area contributed by atoms with Crippen LogP contribution < -0.4 is 15.8 Å². The van der Waals surface area contributed by atoms with E-state index in [1.807, 2.05) is 24.3 Å². The first-order valence-electron chi connectivity index (χ1n) is 6.99. The SMILES string of the molecule is COc1ccc(SCC(=O)NC2CCCC2CN)cc1.Cl. The van der Waals surface area contributed by atoms with Gasteiger partial charge in [0, 0.05) is 10.9 Å². The summed E-state index contributed by atoms with van der Waals surface area (Å²) in [7, 11) is 1.64. The van der Waals surface area contributed by atoms with Gasteiger partial charge in [0.15, 0.2) is 0 Å². The molecular weight excluding hydrogens is 308 g/mol. The summed E-state index contributed by atoms with van der Waals surface area (Å²) < 4.78 is 5.11. The molecule has 21 heavy (non-hydrogen) atoms. The lowest BCUT2D eigenvalue weighted by atomic mass is 10.0. The molecule has 3 N–H and O–H groups in total. The van der Waals surface area contributed by atoms with E-state index >= 15 is 0 Å². The Kier molecular flexibility index (Phi) is 7.93. The Morgan fingerprint density at radius 2 is 2.10 bits per heavy atom. The molecule has 1 amide bonds. The second-order valence-electron chi connectivity index (χ2n) is 5.06. The molecule has 0 radical (unpaired) electrons. The molecule has 2 rings (SSSR count). The number of halogens is 1. The number of hydrogen-bond donors (Lipinski definition) is 2. The first-order valence-corrected chi connectivity index (χ1v) is 7.97. The molecule has 1 aromatic rings. The van der Waals surface area contributed by atoms with Crippen molar-refractivity contribution in [3.63, 3.8) is 0 Å². The van der Waals surface area contributed by atoms with Crippen molar-refractivity contribution in [1.29, 1.82) is 0 Å². The summed E-state index contributed by atoms with van der Waals surface area (Å²) in [4.78, 5) is 13.0. The van der Waals surface area contributed by atoms with E-state index in [0.717, 1.165) is 23.5 Å². The van der Waals surface area contributed by atoms with Crippen molar-refractivity contribution in [3.8, 4) is 5.75 Å². The van der Waals surface area contributed by atoms with E-state index in [2.05, 4.69) is 5.32 Å². The van der Waals surface area contributed by atoms with E-state index in [1.54, 1.807) is 18.9 Å². The first-order chi connectivity index (χ1) is 9.72. The van der Waals surface area contributed by atoms with Crippen LogP contribution >= 0.6 is 24.2 Å². The van der Waals surface area contributed by atoms with Crippen LogP contribution in [0.4, 0.5) is 0 Å². The molecule has 6 heteroatoms. The minimum atomic E-state index is 0. The highest BCUT2D eigenvalue weighted by Gasteiger charge is 2.27. The molecule has 2 atom stereocenters. The molecular formula is C15H23ClN2O2S. The Balaban J connectivity index is 0.00000220. The fraction of sp³-hybridized carbons (Fsp3) is 0.533. The molecule has 0 aromatic heterocycles. The minimum absolute atomic E-state index is 0. The number of rotatable bonds is 6. The maximum absolute atomic E-state index is 12.0. The Morgan fingerprint density at radius 1 is 1.38 bits per heavy atom. The number of benzene rings is 1. The number of hydrogen-bond acceptors (Lipinski definition) is 4. The summed E-state index contributed by atoms with van der Waals surface area (Å²) >= 11 is 1.54. The minimum Gasteiger partial charge on any atom is -0.497 e. The quantitative estimate of drug-likeness (QED) is 0.786. The van der Waals surface area contributed by atoms with Crippen molar-refractivity contribution >= 4 is 30.1 Å². The van der Waals surface area contributed by atoms with Crippen molar-refractivity contribution in [3.05, 3.63) is 24.3 Å². The topological polar surface area (TPSA) is 64.3 Å². The van der Waals surface area contributed by atoms with E-state index in [0.29, 0.717) is 18.2 Å². The first kappa shape index (κ1) is 18.1. The summed E-state index contributed by atoms with van der Waals surface area (Å²) in [6.45, 7) is 0.663. The zero-order chi connectivity index (χ0) is 14.4. The van der Waals surface area contributed by atoms with Gasteiger partial charge in [-0.1, -0.05) is 6.42 Å². The van der Waals surface area contributed by atoms with Crippen molar-refractivity contribution in [2.75, 3.05) is 19.4 Å². The standard InChI is InChI=1S/C15H22N2O2S.ClH/c1-19-12-5-7-13(8-6-12)20-10-15(18)17-14-4-2-3-11(14)9-16;/h5-8,11,14H,2-4,9-10,16H2,1H3,(H,17,18);1H. The Morgan fingerprint density at radius 3 is 2.71 bits per heavy atom. The molecule has 0 saturated heterocycles.